The fourth-order valence-corrected chi connectivity index (χ4v) is 2.32. The number of nitrogens with one attached hydrogen (secondary N) is 1. The molecule has 0 spiro atoms. The van der Waals surface area contributed by atoms with E-state index in [1.54, 1.807) is 0 Å². The van der Waals surface area contributed by atoms with Crippen LogP contribution in [0, 0.1) is 6.92 Å². The highest BCUT2D eigenvalue weighted by molar-refractivity contribution is 7.12. The highest BCUT2D eigenvalue weighted by Crippen LogP contribution is 2.26. The summed E-state index contributed by atoms with van der Waals surface area (Å²) in [5.74, 6) is 0. The molecular weight excluding hydrogens is 166 g/mol. The van der Waals surface area contributed by atoms with Crippen LogP contribution in [0.1, 0.15) is 22.7 Å². The van der Waals surface area contributed by atoms with Gasteiger partial charge in [-0.05, 0) is 33.0 Å². The summed E-state index contributed by atoms with van der Waals surface area (Å²) in [5, 5.41) is 3.24. The number of thiophene rings is 1. The maximum absolute atomic E-state index is 3.96. The Hall–Kier alpha value is -0.600. The van der Waals surface area contributed by atoms with E-state index in [-0.39, 0.29) is 0 Å². The van der Waals surface area contributed by atoms with Crippen molar-refractivity contribution in [2.75, 3.05) is 7.05 Å². The monoisotopic (exact) mass is 181 g/mol. The molecule has 0 aliphatic carbocycles. The van der Waals surface area contributed by atoms with E-state index in [2.05, 4.69) is 37.9 Å². The molecule has 0 bridgehead atoms. The van der Waals surface area contributed by atoms with E-state index < -0.39 is 0 Å². The van der Waals surface area contributed by atoms with Crippen molar-refractivity contribution in [2.24, 2.45) is 0 Å². The summed E-state index contributed by atoms with van der Waals surface area (Å²) >= 11 is 1.83. The van der Waals surface area contributed by atoms with E-state index in [0.717, 1.165) is 0 Å². The second-order valence-electron chi connectivity index (χ2n) is 3.02. The van der Waals surface area contributed by atoms with Crippen LogP contribution < -0.4 is 5.32 Å². The molecule has 12 heavy (non-hydrogen) atoms. The zero-order valence-electron chi connectivity index (χ0n) is 7.85. The molecule has 1 rings (SSSR count). The van der Waals surface area contributed by atoms with Crippen LogP contribution in [0.25, 0.3) is 0 Å². The van der Waals surface area contributed by atoms with Crippen LogP contribution in [0.2, 0.25) is 0 Å². The summed E-state index contributed by atoms with van der Waals surface area (Å²) in [6, 6.07) is 4.63. The van der Waals surface area contributed by atoms with Gasteiger partial charge in [-0.3, -0.25) is 0 Å². The first-order valence-electron chi connectivity index (χ1n) is 4.04. The molecule has 0 saturated heterocycles. The fourth-order valence-electron chi connectivity index (χ4n) is 1.24. The van der Waals surface area contributed by atoms with Gasteiger partial charge in [0.1, 0.15) is 0 Å². The number of hydrogen-bond donors (Lipinski definition) is 1. The van der Waals surface area contributed by atoms with Gasteiger partial charge in [0.2, 0.25) is 0 Å². The van der Waals surface area contributed by atoms with Crippen molar-refractivity contribution < 1.29 is 0 Å². The van der Waals surface area contributed by atoms with Crippen LogP contribution in [0.3, 0.4) is 0 Å². The van der Waals surface area contributed by atoms with Crippen molar-refractivity contribution in [3.05, 3.63) is 34.0 Å². The molecule has 1 heterocycles. The van der Waals surface area contributed by atoms with Crippen LogP contribution in [-0.4, -0.2) is 7.05 Å². The molecule has 1 aromatic rings. The van der Waals surface area contributed by atoms with Crippen LogP contribution in [-0.2, 0) is 0 Å². The Morgan fingerprint density at radius 1 is 1.58 bits per heavy atom. The van der Waals surface area contributed by atoms with Crippen molar-refractivity contribution in [3.63, 3.8) is 0 Å². The third-order valence-electron chi connectivity index (χ3n) is 1.83. The van der Waals surface area contributed by atoms with Gasteiger partial charge in [0.25, 0.3) is 0 Å². The second-order valence-corrected chi connectivity index (χ2v) is 4.34. The lowest BCUT2D eigenvalue weighted by Crippen LogP contribution is -2.15. The van der Waals surface area contributed by atoms with Gasteiger partial charge in [0, 0.05) is 9.75 Å². The molecule has 0 radical (unpaired) electrons. The van der Waals surface area contributed by atoms with Gasteiger partial charge in [0.05, 0.1) is 6.04 Å². The van der Waals surface area contributed by atoms with Gasteiger partial charge in [-0.2, -0.15) is 0 Å². The Kier molecular flexibility index (Phi) is 3.06. The molecule has 1 unspecified atom stereocenters. The van der Waals surface area contributed by atoms with Gasteiger partial charge in [-0.25, -0.2) is 0 Å². The van der Waals surface area contributed by atoms with E-state index in [1.165, 1.54) is 15.3 Å². The van der Waals surface area contributed by atoms with Crippen LogP contribution in [0.5, 0.6) is 0 Å². The molecule has 1 nitrogen and oxygen atoms in total. The molecule has 66 valence electrons. The third-order valence-corrected chi connectivity index (χ3v) is 2.89. The summed E-state index contributed by atoms with van der Waals surface area (Å²) in [7, 11) is 1.97. The Bertz CT molecular complexity index is 275. The second kappa shape index (κ2) is 3.87. The van der Waals surface area contributed by atoms with Gasteiger partial charge in [-0.1, -0.05) is 12.2 Å². The fraction of sp³-hybridized carbons (Fsp3) is 0.400. The molecular formula is C10H15NS. The van der Waals surface area contributed by atoms with Gasteiger partial charge >= 0.3 is 0 Å². The molecule has 0 aliphatic rings. The molecule has 1 aromatic heterocycles. The van der Waals surface area contributed by atoms with Gasteiger partial charge in [-0.15, -0.1) is 11.3 Å². The van der Waals surface area contributed by atoms with E-state index in [9.17, 15) is 0 Å². The first kappa shape index (κ1) is 9.49. The quantitative estimate of drug-likeness (QED) is 0.707. The maximum Gasteiger partial charge on any atom is 0.0622 e. The Balaban J connectivity index is 2.87. The lowest BCUT2D eigenvalue weighted by atomic mass is 10.1. The zero-order valence-corrected chi connectivity index (χ0v) is 8.66. The smallest absolute Gasteiger partial charge is 0.0622 e. The van der Waals surface area contributed by atoms with E-state index >= 15 is 0 Å². The number of rotatable bonds is 3. The highest BCUT2D eigenvalue weighted by atomic mass is 32.1. The molecule has 2 heteroatoms. The van der Waals surface area contributed by atoms with Crippen molar-refractivity contribution in [2.45, 2.75) is 19.9 Å². The largest absolute Gasteiger partial charge is 0.309 e. The lowest BCUT2D eigenvalue weighted by molar-refractivity contribution is 0.691. The first-order valence-corrected chi connectivity index (χ1v) is 4.86. The number of aryl methyl sites for hydroxylation is 1. The maximum atomic E-state index is 3.96. The minimum Gasteiger partial charge on any atom is -0.309 e. The Morgan fingerprint density at radius 2 is 2.25 bits per heavy atom. The molecule has 0 amide bonds. The Labute approximate surface area is 78.1 Å². The minimum absolute atomic E-state index is 0.323. The van der Waals surface area contributed by atoms with Crippen LogP contribution in [0.4, 0.5) is 0 Å². The number of likely N-dealkylation sites (N-methyl/N-ethyl adjacent to an activating group) is 1. The standard InChI is InChI=1S/C10H15NS/c1-7(2)10(11-4)9-6-5-8(3)12-9/h5-6,10-11H,1H2,2-4H3. The summed E-state index contributed by atoms with van der Waals surface area (Å²) in [6.07, 6.45) is 0. The molecule has 1 N–H and O–H groups in total. The molecule has 0 aromatic carbocycles. The van der Waals surface area contributed by atoms with E-state index in [1.807, 2.05) is 18.4 Å². The van der Waals surface area contributed by atoms with Crippen molar-refractivity contribution >= 4 is 11.3 Å². The molecule has 0 aliphatic heterocycles. The predicted molar refractivity (Wildman–Crippen MR) is 55.7 cm³/mol. The molecule has 0 saturated carbocycles. The summed E-state index contributed by atoms with van der Waals surface area (Å²) in [6.45, 7) is 8.13. The summed E-state index contributed by atoms with van der Waals surface area (Å²) < 4.78 is 0. The first-order chi connectivity index (χ1) is 5.65. The number of hydrogen-bond acceptors (Lipinski definition) is 2. The Morgan fingerprint density at radius 3 is 2.58 bits per heavy atom. The normalized spacial score (nSPS) is 12.9. The average Bonchev–Trinajstić information content (AvgIpc) is 2.37. The van der Waals surface area contributed by atoms with E-state index in [0.29, 0.717) is 6.04 Å². The SMILES string of the molecule is C=C(C)C(NC)c1ccc(C)s1. The summed E-state index contributed by atoms with van der Waals surface area (Å²) in [5.41, 5.74) is 1.17. The van der Waals surface area contributed by atoms with E-state index in [4.69, 9.17) is 0 Å². The minimum atomic E-state index is 0.323. The molecule has 0 fully saturated rings. The van der Waals surface area contributed by atoms with Gasteiger partial charge < -0.3 is 5.32 Å². The third kappa shape index (κ3) is 1.96. The lowest BCUT2D eigenvalue weighted by Gasteiger charge is -2.13. The highest BCUT2D eigenvalue weighted by Gasteiger charge is 2.10. The van der Waals surface area contributed by atoms with Crippen molar-refractivity contribution in [1.82, 2.24) is 5.32 Å². The van der Waals surface area contributed by atoms with Crippen molar-refractivity contribution in [3.8, 4) is 0 Å². The zero-order chi connectivity index (χ0) is 9.14. The van der Waals surface area contributed by atoms with Crippen LogP contribution in [0.15, 0.2) is 24.3 Å². The summed E-state index contributed by atoms with van der Waals surface area (Å²) in [4.78, 5) is 2.70. The van der Waals surface area contributed by atoms with Crippen molar-refractivity contribution in [1.29, 1.82) is 0 Å². The molecule has 1 atom stereocenters. The van der Waals surface area contributed by atoms with Gasteiger partial charge in [0.15, 0.2) is 0 Å². The topological polar surface area (TPSA) is 12.0 Å². The average molecular weight is 181 g/mol. The predicted octanol–water partition coefficient (Wildman–Crippen LogP) is 2.89. The van der Waals surface area contributed by atoms with Crippen LogP contribution >= 0.6 is 11.3 Å².